The topological polar surface area (TPSA) is 60.2 Å². The summed E-state index contributed by atoms with van der Waals surface area (Å²) in [5.74, 6) is 0.770. The van der Waals surface area contributed by atoms with Crippen molar-refractivity contribution in [1.82, 2.24) is 4.98 Å². The molecule has 0 atom stereocenters. The zero-order valence-corrected chi connectivity index (χ0v) is 10.8. The second-order valence-corrected chi connectivity index (χ2v) is 4.90. The van der Waals surface area contributed by atoms with Gasteiger partial charge in [0.2, 0.25) is 0 Å². The van der Waals surface area contributed by atoms with Crippen LogP contribution in [0.1, 0.15) is 13.8 Å². The van der Waals surface area contributed by atoms with Crippen LogP contribution in [0.4, 0.5) is 11.5 Å². The standard InChI is InChI=1S/C10H16BrN3O/c1-10(2,6-15-3)14-9-8(11)4-7(12)5-13-9/h4-5H,6,12H2,1-3H3,(H,13,14). The maximum absolute atomic E-state index is 5.60. The van der Waals surface area contributed by atoms with Crippen molar-refractivity contribution in [1.29, 1.82) is 0 Å². The van der Waals surface area contributed by atoms with Gasteiger partial charge in [0.05, 0.1) is 28.5 Å². The fourth-order valence-corrected chi connectivity index (χ4v) is 1.73. The molecule has 5 heteroatoms. The van der Waals surface area contributed by atoms with Crippen molar-refractivity contribution < 1.29 is 4.74 Å². The molecule has 1 rings (SSSR count). The Morgan fingerprint density at radius 3 is 2.80 bits per heavy atom. The Kier molecular flexibility index (Phi) is 3.93. The summed E-state index contributed by atoms with van der Waals surface area (Å²) in [5.41, 5.74) is 6.07. The summed E-state index contributed by atoms with van der Waals surface area (Å²) >= 11 is 3.41. The van der Waals surface area contributed by atoms with E-state index < -0.39 is 0 Å². The number of halogens is 1. The molecule has 0 amide bonds. The number of rotatable bonds is 4. The third kappa shape index (κ3) is 3.68. The summed E-state index contributed by atoms with van der Waals surface area (Å²) in [6, 6.07) is 1.82. The molecular weight excluding hydrogens is 258 g/mol. The molecule has 1 aromatic heterocycles. The van der Waals surface area contributed by atoms with Crippen LogP contribution in [0.15, 0.2) is 16.7 Å². The molecule has 0 aliphatic heterocycles. The predicted molar refractivity (Wildman–Crippen MR) is 65.9 cm³/mol. The van der Waals surface area contributed by atoms with Crippen LogP contribution >= 0.6 is 15.9 Å². The van der Waals surface area contributed by atoms with Gasteiger partial charge in [-0.25, -0.2) is 4.98 Å². The summed E-state index contributed by atoms with van der Waals surface area (Å²) in [4.78, 5) is 4.21. The molecule has 0 saturated carbocycles. The van der Waals surface area contributed by atoms with Gasteiger partial charge in [-0.05, 0) is 35.8 Å². The molecule has 0 unspecified atom stereocenters. The van der Waals surface area contributed by atoms with Crippen molar-refractivity contribution in [2.24, 2.45) is 0 Å². The molecule has 3 N–H and O–H groups in total. The number of nitrogen functional groups attached to an aromatic ring is 1. The van der Waals surface area contributed by atoms with E-state index in [-0.39, 0.29) is 5.54 Å². The quantitative estimate of drug-likeness (QED) is 0.884. The SMILES string of the molecule is COCC(C)(C)Nc1ncc(N)cc1Br. The fraction of sp³-hybridized carbons (Fsp3) is 0.500. The number of nitrogens with one attached hydrogen (secondary N) is 1. The van der Waals surface area contributed by atoms with Crippen LogP contribution in [-0.2, 0) is 4.74 Å². The lowest BCUT2D eigenvalue weighted by atomic mass is 10.1. The van der Waals surface area contributed by atoms with Crippen LogP contribution in [0.25, 0.3) is 0 Å². The molecule has 0 bridgehead atoms. The number of pyridine rings is 1. The minimum atomic E-state index is -0.166. The Labute approximate surface area is 98.3 Å². The van der Waals surface area contributed by atoms with Gasteiger partial charge in [-0.1, -0.05) is 0 Å². The van der Waals surface area contributed by atoms with Gasteiger partial charge in [-0.2, -0.15) is 0 Å². The second-order valence-electron chi connectivity index (χ2n) is 4.04. The molecule has 84 valence electrons. The molecule has 1 heterocycles. The number of nitrogens with zero attached hydrogens (tertiary/aromatic N) is 1. The Hall–Kier alpha value is -0.810. The van der Waals surface area contributed by atoms with Crippen molar-refractivity contribution in [3.63, 3.8) is 0 Å². The molecule has 0 radical (unpaired) electrons. The van der Waals surface area contributed by atoms with Gasteiger partial charge >= 0.3 is 0 Å². The summed E-state index contributed by atoms with van der Waals surface area (Å²) in [5, 5.41) is 3.28. The molecule has 0 saturated heterocycles. The number of hydrogen-bond acceptors (Lipinski definition) is 4. The van der Waals surface area contributed by atoms with E-state index in [1.54, 1.807) is 13.3 Å². The Bertz CT molecular complexity index is 341. The van der Waals surface area contributed by atoms with Gasteiger partial charge in [-0.15, -0.1) is 0 Å². The highest BCUT2D eigenvalue weighted by atomic mass is 79.9. The Morgan fingerprint density at radius 1 is 1.60 bits per heavy atom. The highest BCUT2D eigenvalue weighted by Crippen LogP contribution is 2.24. The van der Waals surface area contributed by atoms with Crippen molar-refractivity contribution in [2.75, 3.05) is 24.8 Å². The highest BCUT2D eigenvalue weighted by molar-refractivity contribution is 9.10. The number of anilines is 2. The molecule has 4 nitrogen and oxygen atoms in total. The average Bonchev–Trinajstić information content (AvgIpc) is 2.09. The number of ether oxygens (including phenoxy) is 1. The van der Waals surface area contributed by atoms with Crippen LogP contribution in [0, 0.1) is 0 Å². The number of aromatic nitrogens is 1. The minimum absolute atomic E-state index is 0.166. The predicted octanol–water partition coefficient (Wildman–Crippen LogP) is 2.26. The first kappa shape index (κ1) is 12.3. The van der Waals surface area contributed by atoms with Crippen LogP contribution in [0.3, 0.4) is 0 Å². The first-order valence-electron chi connectivity index (χ1n) is 4.63. The third-order valence-corrected chi connectivity index (χ3v) is 2.43. The van der Waals surface area contributed by atoms with Crippen molar-refractivity contribution >= 4 is 27.4 Å². The van der Waals surface area contributed by atoms with Crippen LogP contribution < -0.4 is 11.1 Å². The van der Waals surface area contributed by atoms with Gasteiger partial charge in [0.25, 0.3) is 0 Å². The summed E-state index contributed by atoms with van der Waals surface area (Å²) < 4.78 is 5.97. The van der Waals surface area contributed by atoms with Gasteiger partial charge in [0.15, 0.2) is 0 Å². The highest BCUT2D eigenvalue weighted by Gasteiger charge is 2.18. The van der Waals surface area contributed by atoms with Crippen LogP contribution in [0.2, 0.25) is 0 Å². The zero-order valence-electron chi connectivity index (χ0n) is 9.17. The van der Waals surface area contributed by atoms with Gasteiger partial charge in [-0.3, -0.25) is 0 Å². The largest absolute Gasteiger partial charge is 0.397 e. The van der Waals surface area contributed by atoms with E-state index >= 15 is 0 Å². The Balaban J connectivity index is 2.80. The molecular formula is C10H16BrN3O. The molecule has 1 aromatic rings. The van der Waals surface area contributed by atoms with Crippen molar-refractivity contribution in [3.8, 4) is 0 Å². The van der Waals surface area contributed by atoms with Crippen molar-refractivity contribution in [3.05, 3.63) is 16.7 Å². The molecule has 15 heavy (non-hydrogen) atoms. The van der Waals surface area contributed by atoms with Crippen LogP contribution in [-0.4, -0.2) is 24.2 Å². The maximum atomic E-state index is 5.60. The maximum Gasteiger partial charge on any atom is 0.140 e. The average molecular weight is 274 g/mol. The summed E-state index contributed by atoms with van der Waals surface area (Å²) in [7, 11) is 1.68. The monoisotopic (exact) mass is 273 g/mol. The molecule has 0 spiro atoms. The van der Waals surface area contributed by atoms with Gasteiger partial charge in [0, 0.05) is 7.11 Å². The lowest BCUT2D eigenvalue weighted by Crippen LogP contribution is -2.36. The van der Waals surface area contributed by atoms with E-state index in [1.807, 2.05) is 19.9 Å². The second kappa shape index (κ2) is 4.81. The van der Waals surface area contributed by atoms with Crippen molar-refractivity contribution in [2.45, 2.75) is 19.4 Å². The lowest BCUT2D eigenvalue weighted by Gasteiger charge is -2.26. The molecule has 0 aromatic carbocycles. The number of nitrogens with two attached hydrogens (primary N) is 1. The number of hydrogen-bond donors (Lipinski definition) is 2. The van der Waals surface area contributed by atoms with E-state index in [0.717, 1.165) is 10.3 Å². The third-order valence-electron chi connectivity index (χ3n) is 1.82. The molecule has 0 aliphatic carbocycles. The van der Waals surface area contributed by atoms with E-state index in [9.17, 15) is 0 Å². The van der Waals surface area contributed by atoms with E-state index in [1.165, 1.54) is 0 Å². The molecule has 0 aliphatic rings. The van der Waals surface area contributed by atoms with E-state index in [4.69, 9.17) is 10.5 Å². The molecule has 0 fully saturated rings. The Morgan fingerprint density at radius 2 is 2.27 bits per heavy atom. The van der Waals surface area contributed by atoms with E-state index in [2.05, 4.69) is 26.2 Å². The van der Waals surface area contributed by atoms with Crippen LogP contribution in [0.5, 0.6) is 0 Å². The normalized spacial score (nSPS) is 11.5. The first-order chi connectivity index (χ1) is 6.94. The van der Waals surface area contributed by atoms with Gasteiger partial charge < -0.3 is 15.8 Å². The lowest BCUT2D eigenvalue weighted by molar-refractivity contribution is 0.158. The first-order valence-corrected chi connectivity index (χ1v) is 5.42. The van der Waals surface area contributed by atoms with Gasteiger partial charge in [0.1, 0.15) is 5.82 Å². The smallest absolute Gasteiger partial charge is 0.140 e. The minimum Gasteiger partial charge on any atom is -0.397 e. The summed E-state index contributed by atoms with van der Waals surface area (Å²) in [6.07, 6.45) is 1.62. The summed E-state index contributed by atoms with van der Waals surface area (Å²) in [6.45, 7) is 4.69. The van der Waals surface area contributed by atoms with E-state index in [0.29, 0.717) is 12.3 Å². The number of methoxy groups -OCH3 is 1. The zero-order chi connectivity index (χ0) is 11.5. The fourth-order valence-electron chi connectivity index (χ4n) is 1.26.